The van der Waals surface area contributed by atoms with Crippen LogP contribution in [-0.2, 0) is 0 Å². The van der Waals surface area contributed by atoms with Gasteiger partial charge in [-0.1, -0.05) is 0 Å². The molecule has 0 radical (unpaired) electrons. The molecule has 1 aromatic rings. The Bertz CT molecular complexity index is 573. The zero-order chi connectivity index (χ0) is 12.3. The molecule has 0 aliphatic carbocycles. The van der Waals surface area contributed by atoms with E-state index in [0.29, 0.717) is 0 Å². The Morgan fingerprint density at radius 3 is 1.00 bits per heavy atom. The first-order valence-corrected chi connectivity index (χ1v) is 3.97. The van der Waals surface area contributed by atoms with E-state index in [0.717, 1.165) is 0 Å². The lowest BCUT2D eigenvalue weighted by Crippen LogP contribution is -2.06. The second-order valence-corrected chi connectivity index (χ2v) is 2.77. The van der Waals surface area contributed by atoms with Crippen LogP contribution in [0.1, 0.15) is 22.3 Å². The van der Waals surface area contributed by atoms with E-state index in [1.54, 1.807) is 24.3 Å². The van der Waals surface area contributed by atoms with Crippen molar-refractivity contribution in [1.82, 2.24) is 0 Å². The first-order chi connectivity index (χ1) is 7.62. The van der Waals surface area contributed by atoms with E-state index < -0.39 is 0 Å². The Balaban J connectivity index is 3.99. The summed E-state index contributed by atoms with van der Waals surface area (Å²) in [6.07, 6.45) is 0. The number of anilines is 2. The summed E-state index contributed by atoms with van der Waals surface area (Å²) in [7, 11) is 0. The van der Waals surface area contributed by atoms with Gasteiger partial charge in [-0.05, 0) is 0 Å². The third kappa shape index (κ3) is 1.24. The quantitative estimate of drug-likeness (QED) is 0.587. The Kier molecular flexibility index (Phi) is 2.63. The molecule has 16 heavy (non-hydrogen) atoms. The smallest absolute Gasteiger partial charge is 0.103 e. The highest BCUT2D eigenvalue weighted by Crippen LogP contribution is 2.30. The van der Waals surface area contributed by atoms with Gasteiger partial charge in [-0.15, -0.1) is 0 Å². The third-order valence-electron chi connectivity index (χ3n) is 2.03. The van der Waals surface area contributed by atoms with Gasteiger partial charge in [0, 0.05) is 0 Å². The van der Waals surface area contributed by atoms with Crippen LogP contribution in [0.5, 0.6) is 0 Å². The minimum absolute atomic E-state index is 0.144. The number of nitrogens with two attached hydrogens (primary N) is 2. The van der Waals surface area contributed by atoms with Crippen molar-refractivity contribution < 1.29 is 0 Å². The summed E-state index contributed by atoms with van der Waals surface area (Å²) >= 11 is 0. The number of nitrogens with zero attached hydrogens (tertiary/aromatic N) is 4. The summed E-state index contributed by atoms with van der Waals surface area (Å²) in [5, 5.41) is 35.3. The van der Waals surface area contributed by atoms with Gasteiger partial charge in [-0.2, -0.15) is 21.0 Å². The minimum atomic E-state index is -0.215. The molecular formula is C10H4N6. The fourth-order valence-corrected chi connectivity index (χ4v) is 1.24. The first kappa shape index (κ1) is 10.9. The molecule has 0 heterocycles. The van der Waals surface area contributed by atoms with E-state index in [2.05, 4.69) is 0 Å². The molecule has 0 fully saturated rings. The SMILES string of the molecule is N#Cc1c(N)c(N)c(C#N)c(C#N)c1C#N. The van der Waals surface area contributed by atoms with Crippen molar-refractivity contribution in [3.63, 3.8) is 0 Å². The lowest BCUT2D eigenvalue weighted by Gasteiger charge is -2.08. The van der Waals surface area contributed by atoms with Crippen molar-refractivity contribution in [2.24, 2.45) is 0 Å². The Morgan fingerprint density at radius 2 is 0.812 bits per heavy atom. The normalized spacial score (nSPS) is 8.25. The molecular weight excluding hydrogens is 204 g/mol. The van der Waals surface area contributed by atoms with E-state index >= 15 is 0 Å². The largest absolute Gasteiger partial charge is 0.396 e. The maximum Gasteiger partial charge on any atom is 0.103 e. The number of nitriles is 4. The van der Waals surface area contributed by atoms with Crippen molar-refractivity contribution in [3.05, 3.63) is 22.3 Å². The topological polar surface area (TPSA) is 147 Å². The van der Waals surface area contributed by atoms with Crippen molar-refractivity contribution >= 4 is 11.4 Å². The summed E-state index contributed by atoms with van der Waals surface area (Å²) in [6.45, 7) is 0. The highest BCUT2D eigenvalue weighted by atomic mass is 14.7. The Labute approximate surface area is 91.1 Å². The maximum atomic E-state index is 8.84. The molecule has 0 amide bonds. The maximum absolute atomic E-state index is 8.84. The molecule has 0 atom stereocenters. The van der Waals surface area contributed by atoms with Gasteiger partial charge in [0.05, 0.1) is 33.6 Å². The zero-order valence-corrected chi connectivity index (χ0v) is 7.94. The molecule has 6 heteroatoms. The molecule has 0 unspecified atom stereocenters. The van der Waals surface area contributed by atoms with Gasteiger partial charge < -0.3 is 11.5 Å². The fraction of sp³-hybridized carbons (Fsp3) is 0. The van der Waals surface area contributed by atoms with Crippen molar-refractivity contribution in [2.75, 3.05) is 11.5 Å². The molecule has 0 bridgehead atoms. The van der Waals surface area contributed by atoms with Crippen LogP contribution < -0.4 is 11.5 Å². The average molecular weight is 208 g/mol. The molecule has 0 saturated carbocycles. The number of nitrogen functional groups attached to an aromatic ring is 2. The highest BCUT2D eigenvalue weighted by Gasteiger charge is 2.20. The van der Waals surface area contributed by atoms with Crippen molar-refractivity contribution in [2.45, 2.75) is 0 Å². The van der Waals surface area contributed by atoms with Gasteiger partial charge in [0.2, 0.25) is 0 Å². The van der Waals surface area contributed by atoms with Gasteiger partial charge in [-0.3, -0.25) is 0 Å². The van der Waals surface area contributed by atoms with E-state index in [-0.39, 0.29) is 33.6 Å². The zero-order valence-electron chi connectivity index (χ0n) is 7.94. The lowest BCUT2D eigenvalue weighted by molar-refractivity contribution is 1.37. The van der Waals surface area contributed by atoms with Gasteiger partial charge >= 0.3 is 0 Å². The van der Waals surface area contributed by atoms with Gasteiger partial charge in [0.1, 0.15) is 24.3 Å². The lowest BCUT2D eigenvalue weighted by atomic mass is 9.95. The summed E-state index contributed by atoms with van der Waals surface area (Å²) in [4.78, 5) is 0. The number of rotatable bonds is 0. The molecule has 0 aliphatic heterocycles. The molecule has 0 spiro atoms. The van der Waals surface area contributed by atoms with Crippen LogP contribution in [0.3, 0.4) is 0 Å². The monoisotopic (exact) mass is 208 g/mol. The van der Waals surface area contributed by atoms with Crippen LogP contribution in [0, 0.1) is 45.3 Å². The van der Waals surface area contributed by atoms with E-state index in [4.69, 9.17) is 32.5 Å². The predicted molar refractivity (Wildman–Crippen MR) is 54.1 cm³/mol. The van der Waals surface area contributed by atoms with Crippen LogP contribution >= 0.6 is 0 Å². The molecule has 1 rings (SSSR count). The number of hydrogen-bond acceptors (Lipinski definition) is 6. The fourth-order valence-electron chi connectivity index (χ4n) is 1.24. The number of hydrogen-bond donors (Lipinski definition) is 2. The molecule has 6 nitrogen and oxygen atoms in total. The molecule has 1 aromatic carbocycles. The number of benzene rings is 1. The van der Waals surface area contributed by atoms with Crippen LogP contribution in [0.25, 0.3) is 0 Å². The van der Waals surface area contributed by atoms with Crippen LogP contribution in [0.15, 0.2) is 0 Å². The van der Waals surface area contributed by atoms with Crippen LogP contribution in [0.2, 0.25) is 0 Å². The summed E-state index contributed by atoms with van der Waals surface area (Å²) in [6, 6.07) is 6.74. The summed E-state index contributed by atoms with van der Waals surface area (Å²) in [5.41, 5.74) is 9.96. The minimum Gasteiger partial charge on any atom is -0.396 e. The molecule has 0 aromatic heterocycles. The van der Waals surface area contributed by atoms with E-state index in [9.17, 15) is 0 Å². The van der Waals surface area contributed by atoms with Gasteiger partial charge in [-0.25, -0.2) is 0 Å². The molecule has 74 valence electrons. The van der Waals surface area contributed by atoms with Crippen molar-refractivity contribution in [3.8, 4) is 24.3 Å². The van der Waals surface area contributed by atoms with E-state index in [1.807, 2.05) is 0 Å². The molecule has 4 N–H and O–H groups in total. The molecule has 0 saturated heterocycles. The van der Waals surface area contributed by atoms with E-state index in [1.165, 1.54) is 0 Å². The third-order valence-corrected chi connectivity index (χ3v) is 2.03. The van der Waals surface area contributed by atoms with Gasteiger partial charge in [0.25, 0.3) is 0 Å². The standard InChI is InChI=1S/C10H4N6/c11-1-5-6(2-12)8(4-14)10(16)9(15)7(5)3-13/h15-16H2. The average Bonchev–Trinajstić information content (AvgIpc) is 2.31. The molecule has 0 aliphatic rings. The first-order valence-electron chi connectivity index (χ1n) is 3.97. The Morgan fingerprint density at radius 1 is 0.562 bits per heavy atom. The summed E-state index contributed by atoms with van der Waals surface area (Å²) in [5.74, 6) is 0. The second-order valence-electron chi connectivity index (χ2n) is 2.77. The van der Waals surface area contributed by atoms with Crippen LogP contribution in [0.4, 0.5) is 11.4 Å². The second kappa shape index (κ2) is 3.88. The summed E-state index contributed by atoms with van der Waals surface area (Å²) < 4.78 is 0. The predicted octanol–water partition coefficient (Wildman–Crippen LogP) is 0.338. The highest BCUT2D eigenvalue weighted by molar-refractivity contribution is 5.84. The van der Waals surface area contributed by atoms with Crippen LogP contribution in [-0.4, -0.2) is 0 Å². The van der Waals surface area contributed by atoms with Crippen molar-refractivity contribution in [1.29, 1.82) is 21.0 Å². The van der Waals surface area contributed by atoms with Gasteiger partial charge in [0.15, 0.2) is 0 Å². The Hall–Kier alpha value is -3.22.